The van der Waals surface area contributed by atoms with Crippen molar-refractivity contribution in [3.05, 3.63) is 42.5 Å². The highest BCUT2D eigenvalue weighted by atomic mass is 19.2. The van der Waals surface area contributed by atoms with Crippen molar-refractivity contribution >= 4 is 11.9 Å². The molecule has 6 nitrogen and oxygen atoms in total. The van der Waals surface area contributed by atoms with Gasteiger partial charge in [-0.05, 0) is 19.1 Å². The minimum Gasteiger partial charge on any atom is -0.481 e. The number of ether oxygens (including phenoxy) is 2. The molecule has 0 aliphatic rings. The van der Waals surface area contributed by atoms with Crippen molar-refractivity contribution in [3.8, 4) is 5.75 Å². The summed E-state index contributed by atoms with van der Waals surface area (Å²) >= 11 is 0. The zero-order chi connectivity index (χ0) is 17.4. The Kier molecular flexibility index (Phi) is 7.14. The van der Waals surface area contributed by atoms with Crippen molar-refractivity contribution < 1.29 is 33.0 Å². The van der Waals surface area contributed by atoms with Crippen molar-refractivity contribution in [1.82, 2.24) is 5.32 Å². The number of halogens is 2. The van der Waals surface area contributed by atoms with E-state index in [0.717, 1.165) is 18.2 Å². The number of aliphatic carboxylic acids is 1. The fourth-order valence-corrected chi connectivity index (χ4v) is 1.54. The molecule has 1 aromatic carbocycles. The third kappa shape index (κ3) is 6.03. The molecule has 0 aromatic heterocycles. The van der Waals surface area contributed by atoms with Gasteiger partial charge in [-0.25, -0.2) is 13.6 Å². The maximum atomic E-state index is 13.1. The van der Waals surface area contributed by atoms with E-state index >= 15 is 0 Å². The summed E-state index contributed by atoms with van der Waals surface area (Å²) in [5, 5.41) is 11.2. The van der Waals surface area contributed by atoms with Crippen LogP contribution in [0.5, 0.6) is 5.75 Å². The highest BCUT2D eigenvalue weighted by molar-refractivity contribution is 5.86. The summed E-state index contributed by atoms with van der Waals surface area (Å²) in [5.74, 6) is -4.22. The quantitative estimate of drug-likeness (QED) is 0.530. The van der Waals surface area contributed by atoms with Gasteiger partial charge in [0, 0.05) is 6.07 Å². The highest BCUT2D eigenvalue weighted by Crippen LogP contribution is 2.16. The molecular weight excluding hydrogens is 312 g/mol. The van der Waals surface area contributed by atoms with E-state index in [9.17, 15) is 18.4 Å². The molecule has 126 valence electrons. The molecule has 0 spiro atoms. The molecule has 1 aromatic rings. The third-order valence-electron chi connectivity index (χ3n) is 2.71. The number of benzene rings is 1. The van der Waals surface area contributed by atoms with Crippen LogP contribution < -0.4 is 10.1 Å². The minimum atomic E-state index is -1.28. The standard InChI is InChI=1S/C15H17F2NO5/c1-3-6-22-8-13(15(20)21)18-14(19)9(2)23-10-4-5-11(16)12(17)7-10/h3-5,7,9,13H,1,6,8H2,2H3,(H,18,19)(H,20,21). The van der Waals surface area contributed by atoms with E-state index in [4.69, 9.17) is 14.6 Å². The summed E-state index contributed by atoms with van der Waals surface area (Å²) in [6.07, 6.45) is 0.330. The Hall–Kier alpha value is -2.48. The molecule has 0 heterocycles. The Bertz CT molecular complexity index is 579. The fourth-order valence-electron chi connectivity index (χ4n) is 1.54. The first-order chi connectivity index (χ1) is 10.8. The van der Waals surface area contributed by atoms with Gasteiger partial charge in [-0.3, -0.25) is 4.79 Å². The molecule has 2 N–H and O–H groups in total. The number of amides is 1. The summed E-state index contributed by atoms with van der Waals surface area (Å²) in [4.78, 5) is 22.9. The Morgan fingerprint density at radius 1 is 1.39 bits per heavy atom. The van der Waals surface area contributed by atoms with Gasteiger partial charge in [0.2, 0.25) is 0 Å². The van der Waals surface area contributed by atoms with Gasteiger partial charge in [0.05, 0.1) is 13.2 Å². The summed E-state index contributed by atoms with van der Waals surface area (Å²) < 4.78 is 36.0. The molecule has 0 fully saturated rings. The van der Waals surface area contributed by atoms with Crippen LogP contribution >= 0.6 is 0 Å². The number of carboxylic acids is 1. The molecule has 0 bridgehead atoms. The monoisotopic (exact) mass is 329 g/mol. The number of nitrogens with one attached hydrogen (secondary N) is 1. The molecule has 0 aliphatic carbocycles. The molecule has 1 rings (SSSR count). The number of hydrogen-bond acceptors (Lipinski definition) is 4. The molecule has 0 radical (unpaired) electrons. The van der Waals surface area contributed by atoms with Crippen LogP contribution in [0, 0.1) is 11.6 Å². The lowest BCUT2D eigenvalue weighted by atomic mass is 10.2. The second kappa shape index (κ2) is 8.84. The second-order valence-corrected chi connectivity index (χ2v) is 4.56. The summed E-state index contributed by atoms with van der Waals surface area (Å²) in [6.45, 7) is 4.66. The lowest BCUT2D eigenvalue weighted by Crippen LogP contribution is -2.48. The second-order valence-electron chi connectivity index (χ2n) is 4.56. The Labute approximate surface area is 131 Å². The van der Waals surface area contributed by atoms with Gasteiger partial charge in [0.15, 0.2) is 23.8 Å². The molecule has 8 heteroatoms. The molecule has 2 atom stereocenters. The number of hydrogen-bond donors (Lipinski definition) is 2. The number of carbonyl (C=O) groups is 2. The van der Waals surface area contributed by atoms with Crippen molar-refractivity contribution in [2.24, 2.45) is 0 Å². The lowest BCUT2D eigenvalue weighted by molar-refractivity contribution is -0.144. The zero-order valence-electron chi connectivity index (χ0n) is 12.4. The van der Waals surface area contributed by atoms with Crippen LogP contribution in [0.4, 0.5) is 8.78 Å². The van der Waals surface area contributed by atoms with E-state index in [1.807, 2.05) is 0 Å². The van der Waals surface area contributed by atoms with Gasteiger partial charge < -0.3 is 19.9 Å². The van der Waals surface area contributed by atoms with E-state index in [2.05, 4.69) is 11.9 Å². The number of carboxylic acid groups (broad SMARTS) is 1. The Balaban J connectivity index is 2.61. The Morgan fingerprint density at radius 3 is 2.65 bits per heavy atom. The third-order valence-corrected chi connectivity index (χ3v) is 2.71. The van der Waals surface area contributed by atoms with Crippen LogP contribution in [0.25, 0.3) is 0 Å². The van der Waals surface area contributed by atoms with Crippen LogP contribution in [0.1, 0.15) is 6.92 Å². The SMILES string of the molecule is C=CCOCC(NC(=O)C(C)Oc1ccc(F)c(F)c1)C(=O)O. The predicted octanol–water partition coefficient (Wildman–Crippen LogP) is 1.50. The van der Waals surface area contributed by atoms with Gasteiger partial charge >= 0.3 is 5.97 Å². The van der Waals surface area contributed by atoms with Crippen LogP contribution in [-0.2, 0) is 14.3 Å². The molecule has 2 unspecified atom stereocenters. The van der Waals surface area contributed by atoms with Crippen LogP contribution in [0.15, 0.2) is 30.9 Å². The van der Waals surface area contributed by atoms with Crippen molar-refractivity contribution in [2.75, 3.05) is 13.2 Å². The molecule has 0 saturated carbocycles. The molecule has 0 aliphatic heterocycles. The van der Waals surface area contributed by atoms with E-state index in [1.165, 1.54) is 13.0 Å². The topological polar surface area (TPSA) is 84.9 Å². The molecule has 1 amide bonds. The number of rotatable bonds is 9. The summed E-state index contributed by atoms with van der Waals surface area (Å²) in [7, 11) is 0. The van der Waals surface area contributed by atoms with Crippen molar-refractivity contribution in [2.45, 2.75) is 19.1 Å². The normalized spacial score (nSPS) is 13.0. The van der Waals surface area contributed by atoms with Gasteiger partial charge in [0.1, 0.15) is 5.75 Å². The van der Waals surface area contributed by atoms with E-state index in [1.54, 1.807) is 0 Å². The van der Waals surface area contributed by atoms with Gasteiger partial charge in [-0.1, -0.05) is 6.08 Å². The first-order valence-corrected chi connectivity index (χ1v) is 6.68. The average Bonchev–Trinajstić information content (AvgIpc) is 2.49. The molecular formula is C15H17F2NO5. The predicted molar refractivity (Wildman–Crippen MR) is 77.0 cm³/mol. The fraction of sp³-hybridized carbons (Fsp3) is 0.333. The van der Waals surface area contributed by atoms with E-state index < -0.39 is 35.7 Å². The minimum absolute atomic E-state index is 0.0543. The van der Waals surface area contributed by atoms with Gasteiger partial charge in [0.25, 0.3) is 5.91 Å². The lowest BCUT2D eigenvalue weighted by Gasteiger charge is -2.18. The maximum Gasteiger partial charge on any atom is 0.328 e. The van der Waals surface area contributed by atoms with Crippen LogP contribution in [0.3, 0.4) is 0 Å². The van der Waals surface area contributed by atoms with Crippen LogP contribution in [0.2, 0.25) is 0 Å². The summed E-state index contributed by atoms with van der Waals surface area (Å²) in [5.41, 5.74) is 0. The zero-order valence-corrected chi connectivity index (χ0v) is 12.4. The largest absolute Gasteiger partial charge is 0.481 e. The first-order valence-electron chi connectivity index (χ1n) is 6.68. The van der Waals surface area contributed by atoms with E-state index in [-0.39, 0.29) is 19.0 Å². The molecule has 23 heavy (non-hydrogen) atoms. The van der Waals surface area contributed by atoms with Crippen molar-refractivity contribution in [3.63, 3.8) is 0 Å². The van der Waals surface area contributed by atoms with Gasteiger partial charge in [-0.2, -0.15) is 0 Å². The summed E-state index contributed by atoms with van der Waals surface area (Å²) in [6, 6.07) is 1.54. The average molecular weight is 329 g/mol. The highest BCUT2D eigenvalue weighted by Gasteiger charge is 2.24. The molecule has 0 saturated heterocycles. The van der Waals surface area contributed by atoms with Crippen LogP contribution in [-0.4, -0.2) is 42.3 Å². The van der Waals surface area contributed by atoms with E-state index in [0.29, 0.717) is 0 Å². The smallest absolute Gasteiger partial charge is 0.328 e. The van der Waals surface area contributed by atoms with Crippen molar-refractivity contribution in [1.29, 1.82) is 0 Å². The van der Waals surface area contributed by atoms with Gasteiger partial charge in [-0.15, -0.1) is 6.58 Å². The maximum absolute atomic E-state index is 13.1. The number of carbonyl (C=O) groups excluding carboxylic acids is 1. The first kappa shape index (κ1) is 18.6. The Morgan fingerprint density at radius 2 is 2.09 bits per heavy atom.